The molecule has 2 aromatic rings. The van der Waals surface area contributed by atoms with Crippen molar-refractivity contribution in [2.24, 2.45) is 0 Å². The van der Waals surface area contributed by atoms with Gasteiger partial charge in [0, 0.05) is 12.1 Å². The molecule has 1 amide bonds. The number of aliphatic hydroxyl groups excluding tert-OH is 2. The zero-order valence-corrected chi connectivity index (χ0v) is 14.7. The maximum atomic E-state index is 12.4. The predicted molar refractivity (Wildman–Crippen MR) is 98.9 cm³/mol. The fraction of sp³-hybridized carbons (Fsp3) is 0.381. The summed E-state index contributed by atoms with van der Waals surface area (Å²) in [7, 11) is 0. The van der Waals surface area contributed by atoms with Crippen LogP contribution < -0.4 is 5.32 Å². The van der Waals surface area contributed by atoms with Crippen LogP contribution in [-0.4, -0.2) is 41.5 Å². The molecule has 2 unspecified atom stereocenters. The monoisotopic (exact) mass is 355 g/mol. The molecular weight excluding hydrogens is 330 g/mol. The van der Waals surface area contributed by atoms with E-state index in [0.717, 1.165) is 12.0 Å². The number of amides is 1. The van der Waals surface area contributed by atoms with Gasteiger partial charge < -0.3 is 20.3 Å². The first-order valence-corrected chi connectivity index (χ1v) is 9.04. The van der Waals surface area contributed by atoms with Gasteiger partial charge in [-0.05, 0) is 42.5 Å². The second-order valence-electron chi connectivity index (χ2n) is 6.61. The van der Waals surface area contributed by atoms with E-state index in [-0.39, 0.29) is 18.6 Å². The van der Waals surface area contributed by atoms with Crippen LogP contribution in [0, 0.1) is 0 Å². The van der Waals surface area contributed by atoms with Gasteiger partial charge in [-0.15, -0.1) is 0 Å². The topological polar surface area (TPSA) is 78.8 Å². The molecule has 3 rings (SSSR count). The smallest absolute Gasteiger partial charge is 0.251 e. The Morgan fingerprint density at radius 3 is 2.69 bits per heavy atom. The molecule has 1 saturated heterocycles. The summed E-state index contributed by atoms with van der Waals surface area (Å²) < 4.78 is 5.78. The van der Waals surface area contributed by atoms with Crippen LogP contribution in [0.2, 0.25) is 0 Å². The van der Waals surface area contributed by atoms with E-state index in [2.05, 4.69) is 5.32 Å². The minimum absolute atomic E-state index is 0.114. The first-order valence-electron chi connectivity index (χ1n) is 9.04. The van der Waals surface area contributed by atoms with Gasteiger partial charge in [0.2, 0.25) is 0 Å². The van der Waals surface area contributed by atoms with E-state index in [1.165, 1.54) is 5.56 Å². The van der Waals surface area contributed by atoms with Gasteiger partial charge in [-0.25, -0.2) is 0 Å². The molecule has 26 heavy (non-hydrogen) atoms. The van der Waals surface area contributed by atoms with Gasteiger partial charge in [0.1, 0.15) is 6.10 Å². The van der Waals surface area contributed by atoms with Crippen LogP contribution in [0.4, 0.5) is 0 Å². The number of carbonyl (C=O) groups excluding carboxylic acids is 1. The molecular formula is C21H25NO4. The van der Waals surface area contributed by atoms with Crippen molar-refractivity contribution >= 4 is 5.91 Å². The fourth-order valence-corrected chi connectivity index (χ4v) is 3.23. The number of benzene rings is 2. The molecule has 0 aromatic heterocycles. The van der Waals surface area contributed by atoms with E-state index < -0.39 is 12.2 Å². The van der Waals surface area contributed by atoms with Crippen LogP contribution in [0.3, 0.4) is 0 Å². The van der Waals surface area contributed by atoms with Gasteiger partial charge in [0.25, 0.3) is 5.91 Å². The van der Waals surface area contributed by atoms with Crippen LogP contribution in [0.25, 0.3) is 0 Å². The number of hydrogen-bond acceptors (Lipinski definition) is 4. The summed E-state index contributed by atoms with van der Waals surface area (Å²) in [5.41, 5.74) is 2.67. The van der Waals surface area contributed by atoms with E-state index in [0.29, 0.717) is 24.9 Å². The van der Waals surface area contributed by atoms with E-state index in [4.69, 9.17) is 4.74 Å². The Morgan fingerprint density at radius 2 is 1.92 bits per heavy atom. The lowest BCUT2D eigenvalue weighted by molar-refractivity contribution is -0.135. The summed E-state index contributed by atoms with van der Waals surface area (Å²) in [6.45, 7) is 0.364. The average Bonchev–Trinajstić information content (AvgIpc) is 2.69. The summed E-state index contributed by atoms with van der Waals surface area (Å²) in [5.74, 6) is -0.114. The molecule has 0 saturated carbocycles. The lowest BCUT2D eigenvalue weighted by atomic mass is 9.95. The molecule has 2 aromatic carbocycles. The van der Waals surface area contributed by atoms with Crippen molar-refractivity contribution in [3.8, 4) is 0 Å². The highest BCUT2D eigenvalue weighted by atomic mass is 16.5. The number of aliphatic hydroxyl groups is 2. The molecule has 0 spiro atoms. The Balaban J connectivity index is 1.59. The van der Waals surface area contributed by atoms with Crippen molar-refractivity contribution in [2.45, 2.75) is 37.6 Å². The first-order chi connectivity index (χ1) is 12.7. The zero-order valence-electron chi connectivity index (χ0n) is 14.7. The lowest BCUT2D eigenvalue weighted by Gasteiger charge is -2.33. The Labute approximate surface area is 153 Å². The highest BCUT2D eigenvalue weighted by Crippen LogP contribution is 2.31. The van der Waals surface area contributed by atoms with Crippen molar-refractivity contribution in [3.05, 3.63) is 71.3 Å². The quantitative estimate of drug-likeness (QED) is 0.742. The third-order valence-corrected chi connectivity index (χ3v) is 4.74. The van der Waals surface area contributed by atoms with Gasteiger partial charge in [-0.1, -0.05) is 42.5 Å². The van der Waals surface area contributed by atoms with Crippen molar-refractivity contribution in [3.63, 3.8) is 0 Å². The van der Waals surface area contributed by atoms with E-state index in [1.807, 2.05) is 48.5 Å². The van der Waals surface area contributed by atoms with Crippen LogP contribution in [0.1, 0.15) is 40.4 Å². The molecule has 3 atom stereocenters. The van der Waals surface area contributed by atoms with Gasteiger partial charge in [0.15, 0.2) is 0 Å². The Hall–Kier alpha value is -2.21. The molecule has 0 aliphatic carbocycles. The maximum Gasteiger partial charge on any atom is 0.251 e. The molecule has 5 heteroatoms. The lowest BCUT2D eigenvalue weighted by Crippen LogP contribution is -2.38. The number of nitrogens with one attached hydrogen (secondary N) is 1. The second kappa shape index (κ2) is 8.94. The summed E-state index contributed by atoms with van der Waals surface area (Å²) in [4.78, 5) is 12.4. The molecule has 1 heterocycles. The summed E-state index contributed by atoms with van der Waals surface area (Å²) >= 11 is 0. The molecule has 5 nitrogen and oxygen atoms in total. The summed E-state index contributed by atoms with van der Waals surface area (Å²) in [6, 6.07) is 17.4. The second-order valence-corrected chi connectivity index (χ2v) is 6.61. The summed E-state index contributed by atoms with van der Waals surface area (Å²) in [6.07, 6.45) is 0.597. The zero-order chi connectivity index (χ0) is 18.4. The molecule has 1 aliphatic rings. The largest absolute Gasteiger partial charge is 0.394 e. The molecule has 138 valence electrons. The number of ether oxygens (including phenoxy) is 1. The van der Waals surface area contributed by atoms with Crippen LogP contribution >= 0.6 is 0 Å². The highest BCUT2D eigenvalue weighted by molar-refractivity contribution is 5.94. The molecule has 1 fully saturated rings. The number of carbonyl (C=O) groups is 1. The molecule has 0 radical (unpaired) electrons. The van der Waals surface area contributed by atoms with Crippen molar-refractivity contribution < 1.29 is 19.7 Å². The van der Waals surface area contributed by atoms with E-state index in [9.17, 15) is 15.0 Å². The van der Waals surface area contributed by atoms with Crippen LogP contribution in [-0.2, 0) is 11.2 Å². The number of rotatable bonds is 6. The fourth-order valence-electron chi connectivity index (χ4n) is 3.23. The van der Waals surface area contributed by atoms with Gasteiger partial charge >= 0.3 is 0 Å². The predicted octanol–water partition coefficient (Wildman–Crippen LogP) is 2.23. The third-order valence-electron chi connectivity index (χ3n) is 4.74. The van der Waals surface area contributed by atoms with Crippen molar-refractivity contribution in [1.82, 2.24) is 5.32 Å². The summed E-state index contributed by atoms with van der Waals surface area (Å²) in [5, 5.41) is 22.1. The van der Waals surface area contributed by atoms with Gasteiger partial charge in [-0.2, -0.15) is 0 Å². The standard InChI is InChI=1S/C21H25NO4/c23-14-20-18(24)9-10-19(26-20)16-7-4-8-17(13-16)21(25)22-12-11-15-5-2-1-3-6-15/h1-8,13,18-20,23-24H,9-12,14H2,(H,22,25)/t18?,19?,20-/m1/s1. The van der Waals surface area contributed by atoms with E-state index >= 15 is 0 Å². The Kier molecular flexibility index (Phi) is 6.39. The van der Waals surface area contributed by atoms with Gasteiger partial charge in [0.05, 0.1) is 18.8 Å². The van der Waals surface area contributed by atoms with Gasteiger partial charge in [-0.3, -0.25) is 4.79 Å². The molecule has 3 N–H and O–H groups in total. The minimum atomic E-state index is -0.638. The average molecular weight is 355 g/mol. The highest BCUT2D eigenvalue weighted by Gasteiger charge is 2.30. The number of hydrogen-bond donors (Lipinski definition) is 3. The maximum absolute atomic E-state index is 12.4. The minimum Gasteiger partial charge on any atom is -0.394 e. The molecule has 1 aliphatic heterocycles. The Bertz CT molecular complexity index is 719. The molecule has 0 bridgehead atoms. The van der Waals surface area contributed by atoms with Crippen molar-refractivity contribution in [2.75, 3.05) is 13.2 Å². The normalized spacial score (nSPS) is 22.8. The van der Waals surface area contributed by atoms with Crippen molar-refractivity contribution in [1.29, 1.82) is 0 Å². The first kappa shape index (κ1) is 18.6. The van der Waals surface area contributed by atoms with E-state index in [1.54, 1.807) is 6.07 Å². The SMILES string of the molecule is O=C(NCCc1ccccc1)c1cccc(C2CCC(O)[C@@H](CO)O2)c1. The van der Waals surface area contributed by atoms with Crippen LogP contribution in [0.15, 0.2) is 54.6 Å². The third kappa shape index (κ3) is 4.69. The Morgan fingerprint density at radius 1 is 1.12 bits per heavy atom. The van der Waals surface area contributed by atoms with Crippen LogP contribution in [0.5, 0.6) is 0 Å².